The predicted octanol–water partition coefficient (Wildman–Crippen LogP) is 22.7. The molecular formula is C73H130NO8P. The van der Waals surface area contributed by atoms with E-state index in [0.717, 1.165) is 96.3 Å². The summed E-state index contributed by atoms with van der Waals surface area (Å²) in [7, 11) is -4.40. The van der Waals surface area contributed by atoms with Gasteiger partial charge in [-0.05, 0) is 96.3 Å². The molecule has 0 aliphatic rings. The first kappa shape index (κ1) is 79.9. The van der Waals surface area contributed by atoms with Gasteiger partial charge in [-0.3, -0.25) is 18.6 Å². The maximum Gasteiger partial charge on any atom is 0.472 e. The Hall–Kier alpha value is -3.07. The zero-order valence-electron chi connectivity index (χ0n) is 53.9. The highest BCUT2D eigenvalue weighted by molar-refractivity contribution is 7.47. The van der Waals surface area contributed by atoms with Crippen molar-refractivity contribution < 1.29 is 37.6 Å². The molecule has 0 rings (SSSR count). The average Bonchev–Trinajstić information content (AvgIpc) is 3.48. The third-order valence-electron chi connectivity index (χ3n) is 15.0. The molecule has 0 heterocycles. The van der Waals surface area contributed by atoms with E-state index < -0.39 is 26.5 Å². The molecule has 0 aromatic carbocycles. The number of hydrogen-bond acceptors (Lipinski definition) is 8. The summed E-state index contributed by atoms with van der Waals surface area (Å²) >= 11 is 0. The quantitative estimate of drug-likeness (QED) is 0.0264. The molecule has 0 bridgehead atoms. The number of allylic oxidation sites excluding steroid dienone is 16. The van der Waals surface area contributed by atoms with Gasteiger partial charge in [-0.2, -0.15) is 0 Å². The van der Waals surface area contributed by atoms with Gasteiger partial charge in [-0.15, -0.1) is 0 Å². The number of esters is 2. The number of hydrogen-bond donors (Lipinski definition) is 2. The molecule has 0 saturated heterocycles. The molecule has 10 heteroatoms. The number of carbonyl (C=O) groups is 2. The second-order valence-electron chi connectivity index (χ2n) is 23.0. The van der Waals surface area contributed by atoms with Crippen LogP contribution in [0.15, 0.2) is 97.2 Å². The Morgan fingerprint density at radius 1 is 0.373 bits per heavy atom. The average molecular weight is 1180 g/mol. The Morgan fingerprint density at radius 2 is 0.663 bits per heavy atom. The number of unbranched alkanes of at least 4 members (excludes halogenated alkanes) is 36. The van der Waals surface area contributed by atoms with Crippen LogP contribution in [0.1, 0.15) is 322 Å². The molecule has 0 spiro atoms. The Morgan fingerprint density at radius 3 is 0.988 bits per heavy atom. The van der Waals surface area contributed by atoms with Crippen LogP contribution in [0.25, 0.3) is 0 Å². The molecule has 0 aliphatic heterocycles. The standard InChI is InChI=1S/C73H130NO8P/c1-3-5-7-9-11-13-15-17-19-21-23-25-27-28-29-30-31-32-33-34-35-36-37-38-39-40-41-42-44-46-48-50-52-54-56-58-60-62-64-66-73(76)82-71(70-81-83(77,78)80-68-67-74)69-79-72(75)65-63-61-59-57-55-53-51-49-47-45-43-26-24-22-20-18-16-14-12-10-8-6-4-2/h5,7,11,13,16-19,22-25,28-29,43,45,71H,3-4,6,8-10,12,14-15,20-21,26-27,30-42,44,46-70,74H2,1-2H3,(H,77,78)/b7-5-,13-11-,18-16-,19-17-,24-22-,25-23-,29-28-,45-43-. The number of rotatable bonds is 65. The molecule has 9 nitrogen and oxygen atoms in total. The highest BCUT2D eigenvalue weighted by Crippen LogP contribution is 2.43. The van der Waals surface area contributed by atoms with E-state index in [0.29, 0.717) is 6.42 Å². The first-order valence-corrected chi connectivity index (χ1v) is 36.2. The SMILES string of the molecule is CC/C=C\C/C=C\C/C=C\C/C=C\C/C=C\CCCCCCCCCCCCCCCCCCCCCCCCCC(=O)OC(COC(=O)CCCCCCCCCC/C=C\C/C=C\C/C=C\CCCCCCC)COP(=O)(O)OCCN. The van der Waals surface area contributed by atoms with Crippen molar-refractivity contribution in [2.24, 2.45) is 5.73 Å². The summed E-state index contributed by atoms with van der Waals surface area (Å²) in [5.41, 5.74) is 5.40. The minimum Gasteiger partial charge on any atom is -0.462 e. The highest BCUT2D eigenvalue weighted by Gasteiger charge is 2.26. The van der Waals surface area contributed by atoms with Crippen LogP contribution in [0.3, 0.4) is 0 Å². The topological polar surface area (TPSA) is 134 Å². The molecule has 480 valence electrons. The summed E-state index contributed by atoms with van der Waals surface area (Å²) < 4.78 is 33.2. The van der Waals surface area contributed by atoms with E-state index in [4.69, 9.17) is 24.3 Å². The van der Waals surface area contributed by atoms with Crippen molar-refractivity contribution in [1.82, 2.24) is 0 Å². The number of phosphoric acid groups is 1. The monoisotopic (exact) mass is 1180 g/mol. The van der Waals surface area contributed by atoms with Crippen LogP contribution in [0.2, 0.25) is 0 Å². The van der Waals surface area contributed by atoms with Crippen LogP contribution in [0.4, 0.5) is 0 Å². The highest BCUT2D eigenvalue weighted by atomic mass is 31.2. The summed E-state index contributed by atoms with van der Waals surface area (Å²) in [4.78, 5) is 35.3. The lowest BCUT2D eigenvalue weighted by Gasteiger charge is -2.19. The lowest BCUT2D eigenvalue weighted by molar-refractivity contribution is -0.161. The Kier molecular flexibility index (Phi) is 65.5. The molecule has 83 heavy (non-hydrogen) atoms. The number of ether oxygens (including phenoxy) is 2. The van der Waals surface area contributed by atoms with E-state index in [1.54, 1.807) is 0 Å². The molecule has 0 aromatic heterocycles. The largest absolute Gasteiger partial charge is 0.472 e. The van der Waals surface area contributed by atoms with E-state index in [1.165, 1.54) is 193 Å². The summed E-state index contributed by atoms with van der Waals surface area (Å²) in [6.07, 6.45) is 92.2. The van der Waals surface area contributed by atoms with Crippen molar-refractivity contribution in [3.8, 4) is 0 Å². The fourth-order valence-corrected chi connectivity index (χ4v) is 10.6. The number of carbonyl (C=O) groups excluding carboxylic acids is 2. The van der Waals surface area contributed by atoms with Gasteiger partial charge < -0.3 is 20.1 Å². The van der Waals surface area contributed by atoms with E-state index in [-0.39, 0.29) is 38.6 Å². The van der Waals surface area contributed by atoms with Crippen molar-refractivity contribution in [3.63, 3.8) is 0 Å². The van der Waals surface area contributed by atoms with E-state index in [9.17, 15) is 19.0 Å². The molecule has 2 unspecified atom stereocenters. The molecule has 0 amide bonds. The van der Waals surface area contributed by atoms with Gasteiger partial charge in [0.1, 0.15) is 6.61 Å². The van der Waals surface area contributed by atoms with Crippen LogP contribution < -0.4 is 5.73 Å². The molecule has 0 aromatic rings. The zero-order valence-corrected chi connectivity index (χ0v) is 54.8. The van der Waals surface area contributed by atoms with Gasteiger partial charge in [-0.25, -0.2) is 4.57 Å². The summed E-state index contributed by atoms with van der Waals surface area (Å²) in [6.45, 7) is 3.64. The van der Waals surface area contributed by atoms with Gasteiger partial charge in [0.25, 0.3) is 0 Å². The smallest absolute Gasteiger partial charge is 0.462 e. The molecule has 0 fully saturated rings. The molecule has 0 aliphatic carbocycles. The first-order valence-electron chi connectivity index (χ1n) is 34.7. The molecular weight excluding hydrogens is 1050 g/mol. The molecule has 0 saturated carbocycles. The second kappa shape index (κ2) is 68.0. The third kappa shape index (κ3) is 67.9. The Labute approximate surface area is 512 Å². The minimum atomic E-state index is -4.40. The summed E-state index contributed by atoms with van der Waals surface area (Å²) in [5.74, 6) is -0.826. The molecule has 0 radical (unpaired) electrons. The lowest BCUT2D eigenvalue weighted by Crippen LogP contribution is -2.29. The Balaban J connectivity index is 3.83. The van der Waals surface area contributed by atoms with Crippen LogP contribution >= 0.6 is 7.82 Å². The maximum atomic E-state index is 12.8. The molecule has 3 N–H and O–H groups in total. The van der Waals surface area contributed by atoms with E-state index >= 15 is 0 Å². The first-order chi connectivity index (χ1) is 40.8. The summed E-state index contributed by atoms with van der Waals surface area (Å²) in [5, 5.41) is 0. The minimum absolute atomic E-state index is 0.0507. The van der Waals surface area contributed by atoms with Crippen molar-refractivity contribution >= 4 is 19.8 Å². The van der Waals surface area contributed by atoms with Gasteiger partial charge in [0, 0.05) is 19.4 Å². The maximum absolute atomic E-state index is 12.8. The fraction of sp³-hybridized carbons (Fsp3) is 0.753. The van der Waals surface area contributed by atoms with Crippen LogP contribution in [-0.4, -0.2) is 49.3 Å². The molecule has 2 atom stereocenters. The Bertz CT molecular complexity index is 1680. The van der Waals surface area contributed by atoms with Gasteiger partial charge in [-0.1, -0.05) is 310 Å². The zero-order chi connectivity index (χ0) is 60.1. The van der Waals surface area contributed by atoms with E-state index in [1.807, 2.05) is 0 Å². The van der Waals surface area contributed by atoms with E-state index in [2.05, 4.69) is 111 Å². The number of nitrogens with two attached hydrogens (primary N) is 1. The van der Waals surface area contributed by atoms with Crippen LogP contribution in [0.5, 0.6) is 0 Å². The predicted molar refractivity (Wildman–Crippen MR) is 358 cm³/mol. The van der Waals surface area contributed by atoms with Crippen LogP contribution in [-0.2, 0) is 32.7 Å². The second-order valence-corrected chi connectivity index (χ2v) is 24.5. The van der Waals surface area contributed by atoms with Gasteiger partial charge in [0.2, 0.25) is 0 Å². The summed E-state index contributed by atoms with van der Waals surface area (Å²) in [6, 6.07) is 0. The van der Waals surface area contributed by atoms with Crippen molar-refractivity contribution in [2.75, 3.05) is 26.4 Å². The fourth-order valence-electron chi connectivity index (χ4n) is 9.85. The lowest BCUT2D eigenvalue weighted by atomic mass is 10.0. The van der Waals surface area contributed by atoms with Crippen molar-refractivity contribution in [3.05, 3.63) is 97.2 Å². The number of phosphoric ester groups is 1. The van der Waals surface area contributed by atoms with Crippen molar-refractivity contribution in [1.29, 1.82) is 0 Å². The van der Waals surface area contributed by atoms with Gasteiger partial charge >= 0.3 is 19.8 Å². The third-order valence-corrected chi connectivity index (χ3v) is 15.9. The van der Waals surface area contributed by atoms with Crippen molar-refractivity contribution in [2.45, 2.75) is 328 Å². The normalized spacial score (nSPS) is 13.5. The van der Waals surface area contributed by atoms with Gasteiger partial charge in [0.15, 0.2) is 6.10 Å². The van der Waals surface area contributed by atoms with Gasteiger partial charge in [0.05, 0.1) is 13.2 Å². The van der Waals surface area contributed by atoms with Crippen LogP contribution in [0, 0.1) is 0 Å².